The predicted octanol–water partition coefficient (Wildman–Crippen LogP) is 5.13. The van der Waals surface area contributed by atoms with Crippen molar-refractivity contribution < 1.29 is 18.0 Å². The minimum atomic E-state index is -4.06. The van der Waals surface area contributed by atoms with E-state index in [9.17, 15) is 18.0 Å². The van der Waals surface area contributed by atoms with E-state index in [2.05, 4.69) is 27.9 Å². The first-order valence-corrected chi connectivity index (χ1v) is 15.1. The van der Waals surface area contributed by atoms with Crippen molar-refractivity contribution in [3.63, 3.8) is 0 Å². The van der Waals surface area contributed by atoms with E-state index in [1.807, 2.05) is 45.0 Å². The molecule has 0 aromatic heterocycles. The van der Waals surface area contributed by atoms with Gasteiger partial charge in [0.25, 0.3) is 10.0 Å². The number of benzene rings is 3. The second kappa shape index (κ2) is 13.7. The molecule has 202 valence electrons. The third kappa shape index (κ3) is 7.57. The van der Waals surface area contributed by atoms with Gasteiger partial charge in [0.15, 0.2) is 0 Å². The highest BCUT2D eigenvalue weighted by atomic mass is 127. The summed E-state index contributed by atoms with van der Waals surface area (Å²) in [7, 11) is -4.06. The molecule has 0 saturated heterocycles. The van der Waals surface area contributed by atoms with Crippen molar-refractivity contribution in [2.24, 2.45) is 0 Å². The average Bonchev–Trinajstić information content (AvgIpc) is 2.91. The summed E-state index contributed by atoms with van der Waals surface area (Å²) in [5, 5.41) is 2.90. The van der Waals surface area contributed by atoms with Crippen LogP contribution in [0.2, 0.25) is 0 Å². The zero-order chi connectivity index (χ0) is 27.7. The molecular formula is C29H34IN3O4S. The van der Waals surface area contributed by atoms with Crippen LogP contribution in [0.1, 0.15) is 37.8 Å². The molecule has 0 unspecified atom stereocenters. The van der Waals surface area contributed by atoms with E-state index in [0.717, 1.165) is 25.4 Å². The Labute approximate surface area is 239 Å². The third-order valence-electron chi connectivity index (χ3n) is 6.10. The molecule has 9 heteroatoms. The lowest BCUT2D eigenvalue weighted by Gasteiger charge is -2.33. The molecule has 0 heterocycles. The van der Waals surface area contributed by atoms with Crippen LogP contribution in [-0.2, 0) is 26.2 Å². The van der Waals surface area contributed by atoms with Crippen LogP contribution < -0.4 is 9.62 Å². The smallest absolute Gasteiger partial charge is 0.264 e. The highest BCUT2D eigenvalue weighted by Crippen LogP contribution is 2.25. The number of halogens is 1. The number of amides is 2. The Balaban J connectivity index is 2.03. The van der Waals surface area contributed by atoms with Crippen molar-refractivity contribution in [2.75, 3.05) is 17.4 Å². The Bertz CT molecular complexity index is 1330. The molecule has 1 atom stereocenters. The Morgan fingerprint density at radius 2 is 1.63 bits per heavy atom. The molecule has 0 fully saturated rings. The molecule has 0 aliphatic heterocycles. The predicted molar refractivity (Wildman–Crippen MR) is 159 cm³/mol. The van der Waals surface area contributed by atoms with Gasteiger partial charge in [0.1, 0.15) is 12.6 Å². The largest absolute Gasteiger partial charge is 0.354 e. The fourth-order valence-electron chi connectivity index (χ4n) is 4.15. The van der Waals surface area contributed by atoms with Crippen LogP contribution >= 0.6 is 22.6 Å². The van der Waals surface area contributed by atoms with Crippen molar-refractivity contribution >= 4 is 50.1 Å². The normalized spacial score (nSPS) is 12.0. The van der Waals surface area contributed by atoms with Gasteiger partial charge in [0.2, 0.25) is 11.8 Å². The second-order valence-corrected chi connectivity index (χ2v) is 12.1. The summed E-state index contributed by atoms with van der Waals surface area (Å²) >= 11 is 2.15. The number of rotatable bonds is 12. The molecule has 3 aromatic carbocycles. The fraction of sp³-hybridized carbons (Fsp3) is 0.310. The number of nitrogens with one attached hydrogen (secondary N) is 1. The van der Waals surface area contributed by atoms with Crippen molar-refractivity contribution in [1.29, 1.82) is 0 Å². The standard InChI is InChI=1S/C29H34IN3O4S/c1-4-18-31-29(35)27(5-2)32(20-23-11-9-10-22(3)19-23)28(34)21-33(25-16-14-24(30)15-17-25)38(36,37)26-12-7-6-8-13-26/h6-17,19,27H,4-5,18,20-21H2,1-3H3,(H,31,35)/t27-/m0/s1. The first kappa shape index (κ1) is 29.6. The molecule has 0 aliphatic rings. The number of hydrogen-bond donors (Lipinski definition) is 1. The number of aryl methyl sites for hydroxylation is 1. The summed E-state index contributed by atoms with van der Waals surface area (Å²) in [4.78, 5) is 28.7. The van der Waals surface area contributed by atoms with Gasteiger partial charge in [-0.05, 0) is 84.3 Å². The molecule has 3 rings (SSSR count). The van der Waals surface area contributed by atoms with Crippen LogP contribution in [0.15, 0.2) is 83.8 Å². The van der Waals surface area contributed by atoms with E-state index < -0.39 is 28.5 Å². The van der Waals surface area contributed by atoms with Gasteiger partial charge in [-0.25, -0.2) is 8.42 Å². The molecule has 2 amide bonds. The fourth-order valence-corrected chi connectivity index (χ4v) is 5.94. The zero-order valence-corrected chi connectivity index (χ0v) is 24.9. The number of sulfonamides is 1. The summed E-state index contributed by atoms with van der Waals surface area (Å²) in [5.41, 5.74) is 2.28. The number of carbonyl (C=O) groups is 2. The first-order chi connectivity index (χ1) is 18.2. The summed E-state index contributed by atoms with van der Waals surface area (Å²) in [5.74, 6) is -0.704. The lowest BCUT2D eigenvalue weighted by molar-refractivity contribution is -0.140. The van der Waals surface area contributed by atoms with Crippen LogP contribution in [0, 0.1) is 10.5 Å². The summed E-state index contributed by atoms with van der Waals surface area (Å²) in [6.07, 6.45) is 1.16. The van der Waals surface area contributed by atoms with Crippen LogP contribution in [0.25, 0.3) is 0 Å². The van der Waals surface area contributed by atoms with Crippen molar-refractivity contribution in [3.8, 4) is 0 Å². The van der Waals surface area contributed by atoms with E-state index >= 15 is 0 Å². The monoisotopic (exact) mass is 647 g/mol. The van der Waals surface area contributed by atoms with Crippen molar-refractivity contribution in [1.82, 2.24) is 10.2 Å². The number of anilines is 1. The van der Waals surface area contributed by atoms with Gasteiger partial charge in [-0.2, -0.15) is 0 Å². The van der Waals surface area contributed by atoms with Gasteiger partial charge in [-0.3, -0.25) is 13.9 Å². The summed E-state index contributed by atoms with van der Waals surface area (Å²) in [6, 6.07) is 22.0. The molecule has 0 radical (unpaired) electrons. The van der Waals surface area contributed by atoms with Crippen LogP contribution in [-0.4, -0.2) is 44.3 Å². The number of hydrogen-bond acceptors (Lipinski definition) is 4. The molecule has 0 spiro atoms. The molecule has 3 aromatic rings. The maximum Gasteiger partial charge on any atom is 0.264 e. The maximum atomic E-state index is 14.0. The lowest BCUT2D eigenvalue weighted by Crippen LogP contribution is -2.52. The third-order valence-corrected chi connectivity index (χ3v) is 8.60. The Morgan fingerprint density at radius 3 is 2.24 bits per heavy atom. The van der Waals surface area contributed by atoms with E-state index in [-0.39, 0.29) is 17.3 Å². The van der Waals surface area contributed by atoms with Gasteiger partial charge >= 0.3 is 0 Å². The van der Waals surface area contributed by atoms with Gasteiger partial charge in [-0.15, -0.1) is 0 Å². The van der Waals surface area contributed by atoms with E-state index in [1.54, 1.807) is 42.5 Å². The van der Waals surface area contributed by atoms with Gasteiger partial charge in [0.05, 0.1) is 10.6 Å². The van der Waals surface area contributed by atoms with Gasteiger partial charge < -0.3 is 10.2 Å². The average molecular weight is 648 g/mol. The molecule has 38 heavy (non-hydrogen) atoms. The topological polar surface area (TPSA) is 86.8 Å². The molecule has 0 saturated carbocycles. The van der Waals surface area contributed by atoms with Crippen LogP contribution in [0.5, 0.6) is 0 Å². The highest BCUT2D eigenvalue weighted by molar-refractivity contribution is 14.1. The molecular weight excluding hydrogens is 613 g/mol. The number of nitrogens with zero attached hydrogens (tertiary/aromatic N) is 2. The molecule has 7 nitrogen and oxygen atoms in total. The van der Waals surface area contributed by atoms with E-state index in [4.69, 9.17) is 0 Å². The van der Waals surface area contributed by atoms with Gasteiger partial charge in [0, 0.05) is 16.7 Å². The number of carbonyl (C=O) groups excluding carboxylic acids is 2. The van der Waals surface area contributed by atoms with E-state index in [0.29, 0.717) is 18.7 Å². The Kier molecular flexibility index (Phi) is 10.7. The quantitative estimate of drug-likeness (QED) is 0.277. The second-order valence-electron chi connectivity index (χ2n) is 9.03. The highest BCUT2D eigenvalue weighted by Gasteiger charge is 2.33. The zero-order valence-electron chi connectivity index (χ0n) is 21.9. The van der Waals surface area contributed by atoms with E-state index in [1.165, 1.54) is 17.0 Å². The molecule has 0 aliphatic carbocycles. The summed E-state index contributed by atoms with van der Waals surface area (Å²) in [6.45, 7) is 6.02. The minimum Gasteiger partial charge on any atom is -0.354 e. The Hall–Kier alpha value is -2.92. The Morgan fingerprint density at radius 1 is 0.947 bits per heavy atom. The lowest BCUT2D eigenvalue weighted by atomic mass is 10.1. The van der Waals surface area contributed by atoms with Crippen molar-refractivity contribution in [3.05, 3.63) is 93.6 Å². The maximum absolute atomic E-state index is 14.0. The van der Waals surface area contributed by atoms with Gasteiger partial charge in [-0.1, -0.05) is 61.9 Å². The molecule has 0 bridgehead atoms. The SMILES string of the molecule is CCCNC(=O)[C@H](CC)N(Cc1cccc(C)c1)C(=O)CN(c1ccc(I)cc1)S(=O)(=O)c1ccccc1. The first-order valence-electron chi connectivity index (χ1n) is 12.6. The summed E-state index contributed by atoms with van der Waals surface area (Å²) < 4.78 is 29.6. The minimum absolute atomic E-state index is 0.0873. The van der Waals surface area contributed by atoms with Crippen LogP contribution in [0.4, 0.5) is 5.69 Å². The molecule has 1 N–H and O–H groups in total. The van der Waals surface area contributed by atoms with Crippen molar-refractivity contribution in [2.45, 2.75) is 51.1 Å². The van der Waals surface area contributed by atoms with Crippen LogP contribution in [0.3, 0.4) is 0 Å².